The van der Waals surface area contributed by atoms with Crippen molar-refractivity contribution in [1.82, 2.24) is 14.8 Å². The average molecular weight is 315 g/mol. The van der Waals surface area contributed by atoms with E-state index in [9.17, 15) is 0 Å². The summed E-state index contributed by atoms with van der Waals surface area (Å²) in [5.41, 5.74) is 4.95. The second-order valence-electron chi connectivity index (χ2n) is 5.87. The highest BCUT2D eigenvalue weighted by Gasteiger charge is 2.21. The summed E-state index contributed by atoms with van der Waals surface area (Å²) in [4.78, 5) is 4.10. The van der Waals surface area contributed by atoms with Crippen molar-refractivity contribution in [2.45, 2.75) is 19.3 Å². The minimum absolute atomic E-state index is 0.652. The lowest BCUT2D eigenvalue weighted by Crippen LogP contribution is -2.07. The predicted octanol–water partition coefficient (Wildman–Crippen LogP) is 3.55. The van der Waals surface area contributed by atoms with E-state index >= 15 is 0 Å². The topological polar surface area (TPSA) is 66.5 Å². The molecular weight excluding hydrogens is 298 g/mol. The highest BCUT2D eigenvalue weighted by molar-refractivity contribution is 5.71. The highest BCUT2D eigenvalue weighted by atomic mass is 15.3. The van der Waals surface area contributed by atoms with Gasteiger partial charge in [-0.15, -0.1) is 0 Å². The molecule has 0 atom stereocenters. The molecule has 5 nitrogen and oxygen atoms in total. The zero-order valence-electron chi connectivity index (χ0n) is 13.2. The van der Waals surface area contributed by atoms with Crippen LogP contribution in [0.2, 0.25) is 0 Å². The standard InChI is InChI=1S/C19H17N5/c20-13-14-4-6-16(7-5-14)24-19-17(3-1-2-10-22-19)18(23-24)15-8-11-21-12-9-15/h4-9,11-12,22H,1-3,10H2. The van der Waals surface area contributed by atoms with E-state index in [1.165, 1.54) is 5.56 Å². The van der Waals surface area contributed by atoms with Gasteiger partial charge in [-0.3, -0.25) is 4.98 Å². The SMILES string of the molecule is N#Cc1ccc(-n2nc(-c3ccncc3)c3c2NCCCC3)cc1. The van der Waals surface area contributed by atoms with Crippen LogP contribution in [-0.4, -0.2) is 21.3 Å². The zero-order valence-corrected chi connectivity index (χ0v) is 13.2. The molecule has 1 aliphatic rings. The summed E-state index contributed by atoms with van der Waals surface area (Å²) < 4.78 is 1.96. The number of anilines is 1. The number of hydrogen-bond donors (Lipinski definition) is 1. The Hall–Kier alpha value is -3.13. The monoisotopic (exact) mass is 315 g/mol. The van der Waals surface area contributed by atoms with Crippen LogP contribution in [0.5, 0.6) is 0 Å². The maximum absolute atomic E-state index is 8.99. The Kier molecular flexibility index (Phi) is 3.72. The summed E-state index contributed by atoms with van der Waals surface area (Å²) in [7, 11) is 0. The number of nitrogens with zero attached hydrogens (tertiary/aromatic N) is 4. The van der Waals surface area contributed by atoms with E-state index < -0.39 is 0 Å². The molecule has 0 unspecified atom stereocenters. The maximum atomic E-state index is 8.99. The van der Waals surface area contributed by atoms with Gasteiger partial charge in [-0.1, -0.05) is 0 Å². The number of aromatic nitrogens is 3. The Balaban J connectivity index is 1.88. The highest BCUT2D eigenvalue weighted by Crippen LogP contribution is 2.33. The van der Waals surface area contributed by atoms with Gasteiger partial charge < -0.3 is 5.32 Å². The molecule has 0 amide bonds. The van der Waals surface area contributed by atoms with Crippen LogP contribution in [0.25, 0.3) is 16.9 Å². The van der Waals surface area contributed by atoms with E-state index in [0.29, 0.717) is 5.56 Å². The molecule has 24 heavy (non-hydrogen) atoms. The van der Waals surface area contributed by atoms with E-state index in [1.54, 1.807) is 12.4 Å². The molecule has 2 aromatic heterocycles. The molecule has 0 aliphatic carbocycles. The Morgan fingerprint density at radius 2 is 1.83 bits per heavy atom. The van der Waals surface area contributed by atoms with Crippen LogP contribution in [0.15, 0.2) is 48.8 Å². The van der Waals surface area contributed by atoms with Crippen molar-refractivity contribution in [1.29, 1.82) is 5.26 Å². The molecule has 0 spiro atoms. The minimum atomic E-state index is 0.652. The van der Waals surface area contributed by atoms with Crippen LogP contribution in [0.4, 0.5) is 5.82 Å². The molecule has 0 saturated heterocycles. The number of nitrogens with one attached hydrogen (secondary N) is 1. The van der Waals surface area contributed by atoms with Crippen molar-refractivity contribution in [3.63, 3.8) is 0 Å². The van der Waals surface area contributed by atoms with Crippen molar-refractivity contribution in [3.8, 4) is 23.0 Å². The van der Waals surface area contributed by atoms with Crippen molar-refractivity contribution in [2.75, 3.05) is 11.9 Å². The lowest BCUT2D eigenvalue weighted by atomic mass is 10.0. The first-order valence-electron chi connectivity index (χ1n) is 8.13. The third-order valence-electron chi connectivity index (χ3n) is 4.32. The number of pyridine rings is 1. The number of nitriles is 1. The van der Waals surface area contributed by atoms with E-state index in [-0.39, 0.29) is 0 Å². The number of hydrogen-bond acceptors (Lipinski definition) is 4. The first-order chi connectivity index (χ1) is 11.9. The van der Waals surface area contributed by atoms with Crippen molar-refractivity contribution < 1.29 is 0 Å². The molecule has 3 heterocycles. The Bertz CT molecular complexity index is 888. The average Bonchev–Trinajstić information content (AvgIpc) is 2.84. The molecule has 0 bridgehead atoms. The largest absolute Gasteiger partial charge is 0.370 e. The summed E-state index contributed by atoms with van der Waals surface area (Å²) in [6, 6.07) is 13.7. The molecule has 5 heteroatoms. The molecule has 4 rings (SSSR count). The molecule has 1 N–H and O–H groups in total. The van der Waals surface area contributed by atoms with Gasteiger partial charge in [0.15, 0.2) is 0 Å². The van der Waals surface area contributed by atoms with Gasteiger partial charge in [0.2, 0.25) is 0 Å². The Morgan fingerprint density at radius 1 is 1.04 bits per heavy atom. The van der Waals surface area contributed by atoms with E-state index in [4.69, 9.17) is 10.4 Å². The van der Waals surface area contributed by atoms with Crippen LogP contribution in [-0.2, 0) is 6.42 Å². The number of fused-ring (bicyclic) bond motifs is 1. The van der Waals surface area contributed by atoms with Crippen LogP contribution in [0.1, 0.15) is 24.0 Å². The lowest BCUT2D eigenvalue weighted by Gasteiger charge is -2.09. The van der Waals surface area contributed by atoms with Gasteiger partial charge in [0.25, 0.3) is 0 Å². The molecule has 3 aromatic rings. The van der Waals surface area contributed by atoms with Gasteiger partial charge in [0.05, 0.1) is 23.0 Å². The fourth-order valence-electron chi connectivity index (χ4n) is 3.11. The first-order valence-corrected chi connectivity index (χ1v) is 8.13. The molecule has 1 aromatic carbocycles. The van der Waals surface area contributed by atoms with Gasteiger partial charge in [-0.05, 0) is 55.7 Å². The molecule has 0 radical (unpaired) electrons. The van der Waals surface area contributed by atoms with E-state index in [0.717, 1.165) is 48.6 Å². The number of benzene rings is 1. The molecular formula is C19H17N5. The fourth-order valence-corrected chi connectivity index (χ4v) is 3.11. The number of rotatable bonds is 2. The summed E-state index contributed by atoms with van der Waals surface area (Å²) >= 11 is 0. The summed E-state index contributed by atoms with van der Waals surface area (Å²) in [6.07, 6.45) is 6.91. The molecule has 118 valence electrons. The fraction of sp³-hybridized carbons (Fsp3) is 0.211. The first kappa shape index (κ1) is 14.5. The van der Waals surface area contributed by atoms with Crippen LogP contribution in [0, 0.1) is 11.3 Å². The zero-order chi connectivity index (χ0) is 16.4. The smallest absolute Gasteiger partial charge is 0.133 e. The van der Waals surface area contributed by atoms with E-state index in [1.807, 2.05) is 41.1 Å². The van der Waals surface area contributed by atoms with Crippen molar-refractivity contribution in [2.24, 2.45) is 0 Å². The quantitative estimate of drug-likeness (QED) is 0.785. The van der Waals surface area contributed by atoms with Gasteiger partial charge in [0, 0.05) is 30.1 Å². The third-order valence-corrected chi connectivity index (χ3v) is 4.32. The van der Waals surface area contributed by atoms with Gasteiger partial charge in [-0.25, -0.2) is 4.68 Å². The normalized spacial score (nSPS) is 13.5. The summed E-state index contributed by atoms with van der Waals surface area (Å²) in [6.45, 7) is 0.949. The van der Waals surface area contributed by atoms with Crippen molar-refractivity contribution in [3.05, 3.63) is 59.9 Å². The third kappa shape index (κ3) is 2.52. The van der Waals surface area contributed by atoms with Crippen molar-refractivity contribution >= 4 is 5.82 Å². The second-order valence-corrected chi connectivity index (χ2v) is 5.87. The summed E-state index contributed by atoms with van der Waals surface area (Å²) in [5.74, 6) is 1.06. The van der Waals surface area contributed by atoms with Crippen LogP contribution in [0.3, 0.4) is 0 Å². The van der Waals surface area contributed by atoms with Crippen LogP contribution >= 0.6 is 0 Å². The Labute approximate surface area is 140 Å². The van der Waals surface area contributed by atoms with Gasteiger partial charge in [-0.2, -0.15) is 10.4 Å². The lowest BCUT2D eigenvalue weighted by molar-refractivity contribution is 0.780. The summed E-state index contributed by atoms with van der Waals surface area (Å²) in [5, 5.41) is 17.4. The molecule has 1 aliphatic heterocycles. The minimum Gasteiger partial charge on any atom is -0.370 e. The van der Waals surface area contributed by atoms with Crippen LogP contribution < -0.4 is 5.32 Å². The maximum Gasteiger partial charge on any atom is 0.133 e. The van der Waals surface area contributed by atoms with E-state index in [2.05, 4.69) is 16.4 Å². The molecule has 0 fully saturated rings. The van der Waals surface area contributed by atoms with Gasteiger partial charge in [0.1, 0.15) is 5.82 Å². The predicted molar refractivity (Wildman–Crippen MR) is 92.9 cm³/mol. The molecule has 0 saturated carbocycles. The Morgan fingerprint density at radius 3 is 2.58 bits per heavy atom. The second kappa shape index (κ2) is 6.17. The van der Waals surface area contributed by atoms with Gasteiger partial charge >= 0.3 is 0 Å².